The average molecular weight is 353 g/mol. The molecule has 2 saturated heterocycles. The van der Waals surface area contributed by atoms with Crippen LogP contribution in [0.1, 0.15) is 31.2 Å². The predicted molar refractivity (Wildman–Crippen MR) is 102 cm³/mol. The number of methoxy groups -OCH3 is 1. The zero-order chi connectivity index (χ0) is 17.9. The maximum Gasteiger partial charge on any atom is 0.218 e. The summed E-state index contributed by atoms with van der Waals surface area (Å²) >= 11 is 0. The van der Waals surface area contributed by atoms with Crippen LogP contribution in [0, 0.1) is 5.92 Å². The van der Waals surface area contributed by atoms with Crippen molar-refractivity contribution in [3.63, 3.8) is 0 Å². The van der Waals surface area contributed by atoms with E-state index >= 15 is 0 Å². The second kappa shape index (κ2) is 7.60. The molecule has 2 aromatic rings. The third kappa shape index (κ3) is 3.27. The van der Waals surface area contributed by atoms with Gasteiger partial charge in [0.15, 0.2) is 0 Å². The van der Waals surface area contributed by atoms with E-state index in [4.69, 9.17) is 4.74 Å². The lowest BCUT2D eigenvalue weighted by Crippen LogP contribution is -2.47. The van der Waals surface area contributed by atoms with Gasteiger partial charge in [-0.1, -0.05) is 37.3 Å². The minimum Gasteiger partial charge on any atom is -0.481 e. The van der Waals surface area contributed by atoms with Crippen molar-refractivity contribution >= 4 is 5.82 Å². The van der Waals surface area contributed by atoms with Gasteiger partial charge in [0.2, 0.25) is 5.88 Å². The highest BCUT2D eigenvalue weighted by molar-refractivity contribution is 5.42. The normalized spacial score (nSPS) is 26.4. The molecule has 0 spiro atoms. The Morgan fingerprint density at radius 1 is 1.23 bits per heavy atom. The number of hydrogen-bond donors (Lipinski definition) is 2. The predicted octanol–water partition coefficient (Wildman–Crippen LogP) is 2.35. The molecule has 1 aromatic carbocycles. The molecule has 1 aromatic heterocycles. The van der Waals surface area contributed by atoms with E-state index < -0.39 is 0 Å². The number of piperidine rings is 1. The highest BCUT2D eigenvalue weighted by Crippen LogP contribution is 2.35. The lowest BCUT2D eigenvalue weighted by molar-refractivity contribution is 0.321. The van der Waals surface area contributed by atoms with Crippen LogP contribution in [0.3, 0.4) is 0 Å². The minimum absolute atomic E-state index is 0.416. The molecule has 0 aliphatic carbocycles. The Labute approximate surface area is 155 Å². The lowest BCUT2D eigenvalue weighted by atomic mass is 9.78. The topological polar surface area (TPSA) is 62.3 Å². The smallest absolute Gasteiger partial charge is 0.218 e. The minimum atomic E-state index is 0.416. The number of anilines is 1. The molecule has 0 bridgehead atoms. The molecule has 0 amide bonds. The first-order valence-electron chi connectivity index (χ1n) is 9.47. The number of hydrazine groups is 1. The average Bonchev–Trinajstić information content (AvgIpc) is 3.12. The molecular formula is C20H27N5O. The van der Waals surface area contributed by atoms with Gasteiger partial charge < -0.3 is 9.64 Å². The zero-order valence-corrected chi connectivity index (χ0v) is 15.4. The quantitative estimate of drug-likeness (QED) is 0.860. The molecule has 26 heavy (non-hydrogen) atoms. The standard InChI is InChI=1S/C20H27N5O/c1-3-15(14-7-5-4-6-8-14)20-16-12-25(10-9-17(16)23-24-20)18-11-19(26-2)22-13-21-18/h4-8,11,13,15-17,20,23-24H,3,9-10,12H2,1-2H3. The first-order chi connectivity index (χ1) is 12.8. The van der Waals surface area contributed by atoms with Crippen LogP contribution >= 0.6 is 0 Å². The van der Waals surface area contributed by atoms with Gasteiger partial charge in [0.1, 0.15) is 12.1 Å². The van der Waals surface area contributed by atoms with Crippen LogP contribution < -0.4 is 20.5 Å². The van der Waals surface area contributed by atoms with Gasteiger partial charge in [0.05, 0.1) is 7.11 Å². The number of aromatic nitrogens is 2. The van der Waals surface area contributed by atoms with Crippen LogP contribution in [0.4, 0.5) is 5.82 Å². The molecule has 2 fully saturated rings. The molecule has 2 aliphatic heterocycles. The van der Waals surface area contributed by atoms with Gasteiger partial charge in [-0.3, -0.25) is 10.9 Å². The molecule has 4 atom stereocenters. The van der Waals surface area contributed by atoms with Crippen LogP contribution in [0.2, 0.25) is 0 Å². The zero-order valence-electron chi connectivity index (χ0n) is 15.4. The van der Waals surface area contributed by atoms with Gasteiger partial charge in [0.25, 0.3) is 0 Å². The Hall–Kier alpha value is -2.18. The number of nitrogens with zero attached hydrogens (tertiary/aromatic N) is 3. The number of ether oxygens (including phenoxy) is 1. The molecule has 0 radical (unpaired) electrons. The van der Waals surface area contributed by atoms with Crippen molar-refractivity contribution in [2.45, 2.75) is 37.8 Å². The summed E-state index contributed by atoms with van der Waals surface area (Å²) in [6.45, 7) is 4.26. The number of rotatable bonds is 5. The van der Waals surface area contributed by atoms with Crippen LogP contribution in [0.15, 0.2) is 42.7 Å². The molecule has 138 valence electrons. The van der Waals surface area contributed by atoms with Crippen LogP contribution in [-0.4, -0.2) is 42.3 Å². The van der Waals surface area contributed by atoms with Crippen molar-refractivity contribution in [3.05, 3.63) is 48.3 Å². The Balaban J connectivity index is 1.55. The summed E-state index contributed by atoms with van der Waals surface area (Å²) in [5.74, 6) is 2.61. The molecule has 6 nitrogen and oxygen atoms in total. The van der Waals surface area contributed by atoms with Crippen molar-refractivity contribution in [2.75, 3.05) is 25.1 Å². The SMILES string of the molecule is CCC(c1ccccc1)C1NNC2CCN(c3cc(OC)ncn3)CC21. The number of nitrogens with one attached hydrogen (secondary N) is 2. The van der Waals surface area contributed by atoms with Crippen LogP contribution in [0.5, 0.6) is 5.88 Å². The summed E-state index contributed by atoms with van der Waals surface area (Å²) in [7, 11) is 1.64. The van der Waals surface area contributed by atoms with Crippen LogP contribution in [-0.2, 0) is 0 Å². The lowest BCUT2D eigenvalue weighted by Gasteiger charge is -2.38. The monoisotopic (exact) mass is 353 g/mol. The summed E-state index contributed by atoms with van der Waals surface area (Å²) in [4.78, 5) is 11.0. The van der Waals surface area contributed by atoms with Crippen molar-refractivity contribution < 1.29 is 4.74 Å². The van der Waals surface area contributed by atoms with Gasteiger partial charge in [-0.25, -0.2) is 9.97 Å². The Morgan fingerprint density at radius 2 is 2.08 bits per heavy atom. The summed E-state index contributed by atoms with van der Waals surface area (Å²) in [5.41, 5.74) is 8.57. The number of hydrogen-bond acceptors (Lipinski definition) is 6. The third-order valence-corrected chi connectivity index (χ3v) is 5.82. The van der Waals surface area contributed by atoms with Gasteiger partial charge in [0, 0.05) is 43.1 Å². The maximum atomic E-state index is 5.26. The highest BCUT2D eigenvalue weighted by atomic mass is 16.5. The molecular weight excluding hydrogens is 326 g/mol. The molecule has 4 unspecified atom stereocenters. The number of benzene rings is 1. The van der Waals surface area contributed by atoms with E-state index in [0.717, 1.165) is 31.7 Å². The van der Waals surface area contributed by atoms with E-state index in [9.17, 15) is 0 Å². The largest absolute Gasteiger partial charge is 0.481 e. The van der Waals surface area contributed by atoms with Gasteiger partial charge in [-0.05, 0) is 18.4 Å². The molecule has 2 aliphatic rings. The summed E-state index contributed by atoms with van der Waals surface area (Å²) < 4.78 is 5.26. The van der Waals surface area contributed by atoms with Crippen molar-refractivity contribution in [1.82, 2.24) is 20.8 Å². The Bertz CT molecular complexity index is 725. The van der Waals surface area contributed by atoms with Gasteiger partial charge in [-0.15, -0.1) is 0 Å². The van der Waals surface area contributed by atoms with E-state index in [1.807, 2.05) is 6.07 Å². The molecule has 4 rings (SSSR count). The van der Waals surface area contributed by atoms with E-state index in [1.165, 1.54) is 5.56 Å². The Morgan fingerprint density at radius 3 is 2.85 bits per heavy atom. The summed E-state index contributed by atoms with van der Waals surface area (Å²) in [6.07, 6.45) is 3.81. The van der Waals surface area contributed by atoms with Crippen LogP contribution in [0.25, 0.3) is 0 Å². The van der Waals surface area contributed by atoms with E-state index in [0.29, 0.717) is 29.8 Å². The first kappa shape index (κ1) is 17.2. The fourth-order valence-corrected chi connectivity index (χ4v) is 4.45. The fraction of sp³-hybridized carbons (Fsp3) is 0.500. The maximum absolute atomic E-state index is 5.26. The van der Waals surface area contributed by atoms with Crippen molar-refractivity contribution in [1.29, 1.82) is 0 Å². The molecule has 6 heteroatoms. The Kier molecular flexibility index (Phi) is 5.04. The van der Waals surface area contributed by atoms with E-state index in [-0.39, 0.29) is 0 Å². The molecule has 0 saturated carbocycles. The highest BCUT2D eigenvalue weighted by Gasteiger charge is 2.43. The first-order valence-corrected chi connectivity index (χ1v) is 9.47. The molecule has 3 heterocycles. The summed E-state index contributed by atoms with van der Waals surface area (Å²) in [6, 6.07) is 13.7. The van der Waals surface area contributed by atoms with Gasteiger partial charge in [-0.2, -0.15) is 0 Å². The third-order valence-electron chi connectivity index (χ3n) is 5.82. The molecule has 2 N–H and O–H groups in total. The van der Waals surface area contributed by atoms with Crippen molar-refractivity contribution in [2.24, 2.45) is 5.92 Å². The van der Waals surface area contributed by atoms with Crippen molar-refractivity contribution in [3.8, 4) is 5.88 Å². The van der Waals surface area contributed by atoms with Gasteiger partial charge >= 0.3 is 0 Å². The summed E-state index contributed by atoms with van der Waals surface area (Å²) in [5, 5.41) is 0. The second-order valence-corrected chi connectivity index (χ2v) is 7.16. The van der Waals surface area contributed by atoms with E-state index in [2.05, 4.69) is 63.0 Å². The fourth-order valence-electron chi connectivity index (χ4n) is 4.45. The number of fused-ring (bicyclic) bond motifs is 1. The second-order valence-electron chi connectivity index (χ2n) is 7.16. The van der Waals surface area contributed by atoms with E-state index in [1.54, 1.807) is 13.4 Å².